The maximum absolute atomic E-state index is 2.40. The average molecular weight is 629 g/mol. The highest BCUT2D eigenvalue weighted by Crippen LogP contribution is 2.51. The Bertz CT molecular complexity index is 3130. The van der Waals surface area contributed by atoms with Gasteiger partial charge in [-0.25, -0.2) is 0 Å². The second-order valence-electron chi connectivity index (χ2n) is 14.0. The summed E-state index contributed by atoms with van der Waals surface area (Å²) in [6.07, 6.45) is 0. The number of hydrogen-bond acceptors (Lipinski definition) is 0. The lowest BCUT2D eigenvalue weighted by atomic mass is 9.91. The molecule has 0 heteroatoms. The van der Waals surface area contributed by atoms with Crippen LogP contribution in [0.15, 0.2) is 170 Å². The Labute approximate surface area is 289 Å². The number of benzene rings is 10. The van der Waals surface area contributed by atoms with Crippen molar-refractivity contribution in [2.75, 3.05) is 0 Å². The van der Waals surface area contributed by atoms with Crippen molar-refractivity contribution in [3.05, 3.63) is 170 Å². The number of rotatable bonds is 2. The minimum Gasteiger partial charge on any atom is -0.0616 e. The summed E-state index contributed by atoms with van der Waals surface area (Å²) in [5.41, 5.74) is 15.7. The zero-order valence-corrected chi connectivity index (χ0v) is 27.2. The van der Waals surface area contributed by atoms with Gasteiger partial charge >= 0.3 is 0 Å². The molecule has 50 heavy (non-hydrogen) atoms. The predicted molar refractivity (Wildman–Crippen MR) is 214 cm³/mol. The third-order valence-electron chi connectivity index (χ3n) is 11.5. The van der Waals surface area contributed by atoms with E-state index in [9.17, 15) is 0 Å². The van der Waals surface area contributed by atoms with Crippen molar-refractivity contribution >= 4 is 53.9 Å². The summed E-state index contributed by atoms with van der Waals surface area (Å²) < 4.78 is 0. The second kappa shape index (κ2) is 9.56. The molecule has 10 aromatic carbocycles. The van der Waals surface area contributed by atoms with Crippen molar-refractivity contribution in [2.45, 2.75) is 0 Å². The Hall–Kier alpha value is -6.50. The highest BCUT2D eigenvalue weighted by atomic mass is 14.3. The first kappa shape index (κ1) is 26.5. The molecule has 0 fully saturated rings. The van der Waals surface area contributed by atoms with Gasteiger partial charge in [-0.1, -0.05) is 140 Å². The highest BCUT2D eigenvalue weighted by molar-refractivity contribution is 6.28. The van der Waals surface area contributed by atoms with E-state index in [2.05, 4.69) is 170 Å². The van der Waals surface area contributed by atoms with E-state index in [-0.39, 0.29) is 0 Å². The van der Waals surface area contributed by atoms with Crippen LogP contribution in [0, 0.1) is 0 Å². The van der Waals surface area contributed by atoms with Crippen LogP contribution in [0.3, 0.4) is 0 Å². The molecule has 2 aliphatic carbocycles. The Morgan fingerprint density at radius 1 is 0.200 bits per heavy atom. The van der Waals surface area contributed by atoms with E-state index in [4.69, 9.17) is 0 Å². The van der Waals surface area contributed by atoms with Gasteiger partial charge < -0.3 is 0 Å². The molecule has 0 heterocycles. The van der Waals surface area contributed by atoms with Gasteiger partial charge in [-0.2, -0.15) is 0 Å². The zero-order valence-electron chi connectivity index (χ0n) is 27.2. The van der Waals surface area contributed by atoms with Crippen molar-refractivity contribution < 1.29 is 0 Å². The summed E-state index contributed by atoms with van der Waals surface area (Å²) in [7, 11) is 0. The van der Waals surface area contributed by atoms with E-state index >= 15 is 0 Å². The lowest BCUT2D eigenvalue weighted by Crippen LogP contribution is -1.86. The van der Waals surface area contributed by atoms with Gasteiger partial charge in [0.1, 0.15) is 0 Å². The highest BCUT2D eigenvalue weighted by Gasteiger charge is 2.23. The SMILES string of the molecule is c1ccc2c(c1)-c1cccc3c1c-2cc1ccc2cc(-c4ccc5cc(-c6ccc7c(c6)-c6cccc8cccc-7c68)ccc5c4)ccc2c13. The first-order valence-corrected chi connectivity index (χ1v) is 17.5. The summed E-state index contributed by atoms with van der Waals surface area (Å²) in [5.74, 6) is 0. The van der Waals surface area contributed by atoms with Gasteiger partial charge in [0.15, 0.2) is 0 Å². The van der Waals surface area contributed by atoms with E-state index in [0.717, 1.165) is 0 Å². The zero-order chi connectivity index (χ0) is 32.5. The monoisotopic (exact) mass is 628 g/mol. The molecule has 0 nitrogen and oxygen atoms in total. The molecule has 0 radical (unpaired) electrons. The van der Waals surface area contributed by atoms with E-state index in [0.29, 0.717) is 0 Å². The van der Waals surface area contributed by atoms with Gasteiger partial charge in [-0.3, -0.25) is 0 Å². The molecule has 0 spiro atoms. The molecule has 0 aliphatic heterocycles. The standard InChI is InChI=1S/C50H28/c1-2-9-40-39(8-1)43-12-5-13-45-49-37(28-47(40)50(43)45)19-18-36-26-34(20-22-38(36)49)32-15-14-31-25-33(17-16-30(31)24-32)35-21-23-41-42-10-3-6-29-7-4-11-44(48(29)42)46(41)27-35/h1-28H. The molecule has 0 bridgehead atoms. The minimum absolute atomic E-state index is 1.24. The van der Waals surface area contributed by atoms with Gasteiger partial charge in [-0.15, -0.1) is 0 Å². The Balaban J connectivity index is 0.936. The third-order valence-corrected chi connectivity index (χ3v) is 11.5. The van der Waals surface area contributed by atoms with Gasteiger partial charge in [0.05, 0.1) is 0 Å². The quantitative estimate of drug-likeness (QED) is 0.167. The lowest BCUT2D eigenvalue weighted by Gasteiger charge is -2.12. The van der Waals surface area contributed by atoms with Crippen LogP contribution in [-0.2, 0) is 0 Å². The topological polar surface area (TPSA) is 0 Å². The van der Waals surface area contributed by atoms with Crippen molar-refractivity contribution in [3.63, 3.8) is 0 Å². The molecule has 0 amide bonds. The molecule has 0 aromatic heterocycles. The molecule has 10 aromatic rings. The molecule has 0 unspecified atom stereocenters. The summed E-state index contributed by atoms with van der Waals surface area (Å²) in [6.45, 7) is 0. The third kappa shape index (κ3) is 3.50. The molecule has 2 aliphatic rings. The summed E-state index contributed by atoms with van der Waals surface area (Å²) >= 11 is 0. The fourth-order valence-corrected chi connectivity index (χ4v) is 9.19. The van der Waals surface area contributed by atoms with Crippen LogP contribution in [0.25, 0.3) is 121 Å². The lowest BCUT2D eigenvalue weighted by molar-refractivity contribution is 1.63. The van der Waals surface area contributed by atoms with Crippen LogP contribution < -0.4 is 0 Å². The Morgan fingerprint density at radius 2 is 0.720 bits per heavy atom. The normalized spacial score (nSPS) is 12.4. The molecule has 12 rings (SSSR count). The Morgan fingerprint density at radius 3 is 1.48 bits per heavy atom. The van der Waals surface area contributed by atoms with Crippen LogP contribution in [0.1, 0.15) is 0 Å². The maximum Gasteiger partial charge on any atom is -0.00197 e. The molecule has 0 saturated heterocycles. The van der Waals surface area contributed by atoms with Gasteiger partial charge in [0, 0.05) is 0 Å². The van der Waals surface area contributed by atoms with Crippen molar-refractivity contribution in [1.82, 2.24) is 0 Å². The molecule has 228 valence electrons. The molecular formula is C50H28. The molecule has 0 saturated carbocycles. The number of fused-ring (bicyclic) bond motifs is 11. The largest absolute Gasteiger partial charge is 0.0616 e. The second-order valence-corrected chi connectivity index (χ2v) is 14.0. The fraction of sp³-hybridized carbons (Fsp3) is 0. The van der Waals surface area contributed by atoms with Crippen LogP contribution in [0.4, 0.5) is 0 Å². The summed E-state index contributed by atoms with van der Waals surface area (Å²) in [6, 6.07) is 63.8. The smallest absolute Gasteiger partial charge is 0.00197 e. The molecular weight excluding hydrogens is 601 g/mol. The van der Waals surface area contributed by atoms with E-state index < -0.39 is 0 Å². The van der Waals surface area contributed by atoms with Crippen LogP contribution in [0.5, 0.6) is 0 Å². The van der Waals surface area contributed by atoms with E-state index in [1.165, 1.54) is 121 Å². The van der Waals surface area contributed by atoms with Crippen molar-refractivity contribution in [1.29, 1.82) is 0 Å². The van der Waals surface area contributed by atoms with Crippen LogP contribution >= 0.6 is 0 Å². The average Bonchev–Trinajstić information content (AvgIpc) is 3.68. The molecule has 0 atom stereocenters. The number of hydrogen-bond donors (Lipinski definition) is 0. The van der Waals surface area contributed by atoms with Crippen LogP contribution in [-0.4, -0.2) is 0 Å². The van der Waals surface area contributed by atoms with E-state index in [1.807, 2.05) is 0 Å². The first-order chi connectivity index (χ1) is 24.8. The van der Waals surface area contributed by atoms with Gasteiger partial charge in [-0.05, 0) is 151 Å². The molecule has 0 N–H and O–H groups in total. The first-order valence-electron chi connectivity index (χ1n) is 17.5. The van der Waals surface area contributed by atoms with Gasteiger partial charge in [0.25, 0.3) is 0 Å². The minimum atomic E-state index is 1.24. The maximum atomic E-state index is 2.40. The predicted octanol–water partition coefficient (Wildman–Crippen LogP) is 14.1. The van der Waals surface area contributed by atoms with Crippen molar-refractivity contribution in [2.24, 2.45) is 0 Å². The summed E-state index contributed by atoms with van der Waals surface area (Å²) in [5, 5.41) is 13.2. The van der Waals surface area contributed by atoms with Crippen molar-refractivity contribution in [3.8, 4) is 66.8 Å². The van der Waals surface area contributed by atoms with Crippen LogP contribution in [0.2, 0.25) is 0 Å². The summed E-state index contributed by atoms with van der Waals surface area (Å²) in [4.78, 5) is 0. The fourth-order valence-electron chi connectivity index (χ4n) is 9.19. The van der Waals surface area contributed by atoms with Gasteiger partial charge in [0.2, 0.25) is 0 Å². The van der Waals surface area contributed by atoms with E-state index in [1.54, 1.807) is 0 Å². The Kier molecular flexibility index (Phi) is 5.06.